The van der Waals surface area contributed by atoms with Gasteiger partial charge in [0.15, 0.2) is 5.65 Å². The molecule has 1 aliphatic heterocycles. The molecule has 1 saturated carbocycles. The van der Waals surface area contributed by atoms with E-state index < -0.39 is 5.91 Å². The molecule has 138 valence electrons. The highest BCUT2D eigenvalue weighted by atomic mass is 16.1. The van der Waals surface area contributed by atoms with Crippen molar-refractivity contribution in [1.29, 1.82) is 0 Å². The lowest BCUT2D eigenvalue weighted by atomic mass is 10.1. The molecule has 2 aliphatic rings. The molecule has 4 aromatic rings. The van der Waals surface area contributed by atoms with Crippen LogP contribution in [0.3, 0.4) is 0 Å². The number of nitrogens with two attached hydrogens (primary N) is 1. The first-order valence-corrected chi connectivity index (χ1v) is 9.39. The van der Waals surface area contributed by atoms with Gasteiger partial charge in [-0.15, -0.1) is 10.2 Å². The van der Waals surface area contributed by atoms with Gasteiger partial charge in [0.2, 0.25) is 5.82 Å². The molecule has 28 heavy (non-hydrogen) atoms. The number of imidazole rings is 1. The first-order valence-electron chi connectivity index (χ1n) is 9.39. The van der Waals surface area contributed by atoms with E-state index in [-0.39, 0.29) is 5.82 Å². The zero-order chi connectivity index (χ0) is 18.8. The van der Waals surface area contributed by atoms with Crippen molar-refractivity contribution in [3.63, 3.8) is 0 Å². The van der Waals surface area contributed by atoms with Crippen LogP contribution in [0.4, 0.5) is 0 Å². The quantitative estimate of drug-likeness (QED) is 0.596. The molecule has 8 heteroatoms. The molecule has 0 unspecified atom stereocenters. The van der Waals surface area contributed by atoms with Gasteiger partial charge in [0.05, 0.1) is 11.4 Å². The van der Waals surface area contributed by atoms with Crippen molar-refractivity contribution in [2.75, 3.05) is 0 Å². The van der Waals surface area contributed by atoms with E-state index in [1.807, 2.05) is 30.3 Å². The fourth-order valence-electron chi connectivity index (χ4n) is 4.70. The Morgan fingerprint density at radius 3 is 2.93 bits per heavy atom. The minimum Gasteiger partial charge on any atom is -0.363 e. The second kappa shape index (κ2) is 5.48. The predicted molar refractivity (Wildman–Crippen MR) is 102 cm³/mol. The summed E-state index contributed by atoms with van der Waals surface area (Å²) in [6.07, 6.45) is 7.13. The zero-order valence-corrected chi connectivity index (χ0v) is 15.0. The van der Waals surface area contributed by atoms with Gasteiger partial charge in [-0.05, 0) is 43.5 Å². The molecule has 5 heterocycles. The number of carbonyl (C=O) groups excluding carboxylic acids is 1. The number of rotatable bonds is 3. The summed E-state index contributed by atoms with van der Waals surface area (Å²) in [6, 6.07) is 10.3. The van der Waals surface area contributed by atoms with Crippen LogP contribution in [-0.2, 0) is 0 Å². The molecule has 0 saturated heterocycles. The van der Waals surface area contributed by atoms with Crippen LogP contribution in [0.25, 0.3) is 28.3 Å². The summed E-state index contributed by atoms with van der Waals surface area (Å²) in [5.41, 5.74) is 9.77. The van der Waals surface area contributed by atoms with Gasteiger partial charge in [-0.1, -0.05) is 6.07 Å². The van der Waals surface area contributed by atoms with Crippen molar-refractivity contribution in [3.8, 4) is 22.6 Å². The number of fused-ring (bicyclic) bond motifs is 6. The fourth-order valence-corrected chi connectivity index (χ4v) is 4.70. The topological polar surface area (TPSA) is 104 Å². The van der Waals surface area contributed by atoms with Crippen LogP contribution in [0.2, 0.25) is 0 Å². The highest BCUT2D eigenvalue weighted by molar-refractivity contribution is 5.90. The van der Waals surface area contributed by atoms with E-state index in [9.17, 15) is 4.79 Å². The monoisotopic (exact) mass is 371 g/mol. The van der Waals surface area contributed by atoms with E-state index in [4.69, 9.17) is 10.7 Å². The number of nitrogens with zero attached hydrogens (tertiary/aromatic N) is 6. The van der Waals surface area contributed by atoms with Gasteiger partial charge in [0, 0.05) is 29.9 Å². The van der Waals surface area contributed by atoms with Gasteiger partial charge in [-0.2, -0.15) is 0 Å². The average molecular weight is 371 g/mol. The number of carbonyl (C=O) groups is 1. The summed E-state index contributed by atoms with van der Waals surface area (Å²) >= 11 is 0. The average Bonchev–Trinajstić information content (AvgIpc) is 3.47. The number of amides is 1. The van der Waals surface area contributed by atoms with Crippen molar-refractivity contribution < 1.29 is 4.79 Å². The third kappa shape index (κ3) is 2.02. The number of pyridine rings is 2. The maximum absolute atomic E-state index is 11.5. The Morgan fingerprint density at radius 1 is 1.18 bits per heavy atom. The molecule has 0 aromatic carbocycles. The van der Waals surface area contributed by atoms with Gasteiger partial charge in [-0.3, -0.25) is 14.2 Å². The number of aromatic nitrogens is 6. The maximum Gasteiger partial charge on any atom is 0.287 e. The zero-order valence-electron chi connectivity index (χ0n) is 15.0. The molecular weight excluding hydrogens is 354 g/mol. The van der Waals surface area contributed by atoms with Crippen molar-refractivity contribution in [1.82, 2.24) is 29.1 Å². The van der Waals surface area contributed by atoms with E-state index in [1.54, 1.807) is 16.8 Å². The minimum atomic E-state index is -0.600. The summed E-state index contributed by atoms with van der Waals surface area (Å²) in [7, 11) is 0. The summed E-state index contributed by atoms with van der Waals surface area (Å²) in [5.74, 6) is 1.21. The summed E-state index contributed by atoms with van der Waals surface area (Å²) < 4.78 is 4.00. The Labute approximate surface area is 160 Å². The summed E-state index contributed by atoms with van der Waals surface area (Å²) in [6.45, 7) is 0. The molecule has 1 aliphatic carbocycles. The van der Waals surface area contributed by atoms with Crippen molar-refractivity contribution in [3.05, 3.63) is 54.4 Å². The molecule has 1 amide bonds. The number of hydrogen-bond acceptors (Lipinski definition) is 5. The van der Waals surface area contributed by atoms with Gasteiger partial charge in [0.25, 0.3) is 5.91 Å². The molecule has 2 N–H and O–H groups in total. The Bertz CT molecular complexity index is 1240. The van der Waals surface area contributed by atoms with E-state index in [2.05, 4.69) is 19.7 Å². The standard InChI is InChI=1S/C20H17N7O/c21-18(28)20-25-24-15-10-11(6-8-26(15)20)17-16(14-3-1-2-7-22-14)23-19-12-4-5-13(9-12)27(17)19/h1-3,6-8,10,12-13H,4-5,9H2,(H2,21,28)/t12-,13+/m1/s1. The highest BCUT2D eigenvalue weighted by Crippen LogP contribution is 2.52. The molecule has 8 nitrogen and oxygen atoms in total. The van der Waals surface area contributed by atoms with Crippen LogP contribution in [-0.4, -0.2) is 35.0 Å². The van der Waals surface area contributed by atoms with Crippen LogP contribution in [0, 0.1) is 0 Å². The fraction of sp³-hybridized carbons (Fsp3) is 0.250. The number of primary amides is 1. The molecule has 0 radical (unpaired) electrons. The van der Waals surface area contributed by atoms with Crippen LogP contribution in [0.1, 0.15) is 47.7 Å². The Balaban J connectivity index is 1.60. The lowest BCUT2D eigenvalue weighted by molar-refractivity contribution is 0.0989. The molecule has 4 aromatic heterocycles. The molecule has 1 fully saturated rings. The summed E-state index contributed by atoms with van der Waals surface area (Å²) in [4.78, 5) is 21.1. The maximum atomic E-state index is 11.5. The molecule has 2 bridgehead atoms. The lowest BCUT2D eigenvalue weighted by Crippen LogP contribution is -2.15. The third-order valence-corrected chi connectivity index (χ3v) is 5.88. The first kappa shape index (κ1) is 15.5. The van der Waals surface area contributed by atoms with Crippen LogP contribution < -0.4 is 5.73 Å². The van der Waals surface area contributed by atoms with Crippen molar-refractivity contribution in [2.45, 2.75) is 31.2 Å². The van der Waals surface area contributed by atoms with E-state index >= 15 is 0 Å². The number of hydrogen-bond donors (Lipinski definition) is 1. The van der Waals surface area contributed by atoms with Gasteiger partial charge >= 0.3 is 0 Å². The SMILES string of the molecule is NC(=O)c1nnc2cc(-c3c(-c4ccccn4)nc4n3[C@H]3CC[C@@H]4C3)ccn12. The van der Waals surface area contributed by atoms with Gasteiger partial charge < -0.3 is 10.3 Å². The Kier molecular flexibility index (Phi) is 3.03. The first-order chi connectivity index (χ1) is 13.7. The normalized spacial score (nSPS) is 20.0. The Hall–Kier alpha value is -3.55. The van der Waals surface area contributed by atoms with Crippen LogP contribution in [0.5, 0.6) is 0 Å². The van der Waals surface area contributed by atoms with E-state index in [0.717, 1.165) is 34.9 Å². The van der Waals surface area contributed by atoms with Gasteiger partial charge in [0.1, 0.15) is 11.5 Å². The second-order valence-electron chi connectivity index (χ2n) is 7.45. The lowest BCUT2D eigenvalue weighted by Gasteiger charge is -2.17. The van der Waals surface area contributed by atoms with Crippen LogP contribution in [0.15, 0.2) is 42.7 Å². The van der Waals surface area contributed by atoms with Gasteiger partial charge in [-0.25, -0.2) is 4.98 Å². The molecule has 0 spiro atoms. The predicted octanol–water partition coefficient (Wildman–Crippen LogP) is 2.58. The van der Waals surface area contributed by atoms with Crippen LogP contribution >= 0.6 is 0 Å². The largest absolute Gasteiger partial charge is 0.363 e. The smallest absolute Gasteiger partial charge is 0.287 e. The summed E-state index contributed by atoms with van der Waals surface area (Å²) in [5, 5.41) is 8.03. The van der Waals surface area contributed by atoms with Crippen molar-refractivity contribution in [2.24, 2.45) is 5.73 Å². The van der Waals surface area contributed by atoms with E-state index in [0.29, 0.717) is 17.6 Å². The minimum absolute atomic E-state index is 0.129. The van der Waals surface area contributed by atoms with Crippen molar-refractivity contribution >= 4 is 11.6 Å². The second-order valence-corrected chi connectivity index (χ2v) is 7.45. The Morgan fingerprint density at radius 2 is 2.11 bits per heavy atom. The van der Waals surface area contributed by atoms with E-state index in [1.165, 1.54) is 12.8 Å². The molecular formula is C20H17N7O. The highest BCUT2D eigenvalue weighted by Gasteiger charge is 2.41. The molecule has 2 atom stereocenters. The molecule has 6 rings (SSSR count). The third-order valence-electron chi connectivity index (χ3n) is 5.88.